The van der Waals surface area contributed by atoms with Gasteiger partial charge in [-0.2, -0.15) is 0 Å². The van der Waals surface area contributed by atoms with Crippen molar-refractivity contribution in [2.45, 2.75) is 13.5 Å². The average molecular weight is 239 g/mol. The fourth-order valence-electron chi connectivity index (χ4n) is 1.40. The summed E-state index contributed by atoms with van der Waals surface area (Å²) in [5, 5.41) is 0. The van der Waals surface area contributed by atoms with Crippen LogP contribution < -0.4 is 16.4 Å². The van der Waals surface area contributed by atoms with E-state index in [-0.39, 0.29) is 13.2 Å². The Bertz CT molecular complexity index is 396. The largest absolute Gasteiger partial charge is 0.384 e. The lowest BCUT2D eigenvalue weighted by Gasteiger charge is -2.20. The van der Waals surface area contributed by atoms with Gasteiger partial charge in [0.1, 0.15) is 18.2 Å². The molecule has 94 valence electrons. The maximum Gasteiger partial charge on any atom is 0.236 e. The topological polar surface area (TPSA) is 107 Å². The summed E-state index contributed by atoms with van der Waals surface area (Å²) in [5.74, 6) is 0.971. The Labute approximate surface area is 99.8 Å². The van der Waals surface area contributed by atoms with Crippen molar-refractivity contribution in [2.24, 2.45) is 5.73 Å². The molecule has 0 unspecified atom stereocenters. The van der Waals surface area contributed by atoms with Crippen molar-refractivity contribution in [1.29, 1.82) is 0 Å². The maximum absolute atomic E-state index is 10.9. The predicted octanol–water partition coefficient (Wildman–Crippen LogP) is -0.483. The molecule has 17 heavy (non-hydrogen) atoms. The Kier molecular flexibility index (Phi) is 4.65. The zero-order valence-electron chi connectivity index (χ0n) is 10.0. The van der Waals surface area contributed by atoms with Gasteiger partial charge < -0.3 is 21.1 Å². The number of nitrogen functional groups attached to an aromatic ring is 1. The van der Waals surface area contributed by atoms with Crippen LogP contribution in [0.2, 0.25) is 0 Å². The number of aromatic nitrogens is 2. The molecule has 0 atom stereocenters. The second-order valence-electron chi connectivity index (χ2n) is 3.48. The van der Waals surface area contributed by atoms with Gasteiger partial charge in [0.15, 0.2) is 5.82 Å². The van der Waals surface area contributed by atoms with Crippen LogP contribution in [0.3, 0.4) is 0 Å². The number of nitrogens with zero attached hydrogens (tertiary/aromatic N) is 3. The minimum atomic E-state index is -0.419. The number of ether oxygens (including phenoxy) is 1. The number of likely N-dealkylation sites (N-methyl/N-ethyl adjacent to an activating group) is 1. The number of carbonyl (C=O) groups excluding carboxylic acids is 1. The SMILES string of the molecule is CCN(CC(N)=O)c1cc(N)nc(COC)n1. The number of nitrogens with two attached hydrogens (primary N) is 2. The third-order valence-corrected chi connectivity index (χ3v) is 2.10. The number of rotatable bonds is 6. The molecule has 1 rings (SSSR count). The first-order valence-electron chi connectivity index (χ1n) is 5.22. The van der Waals surface area contributed by atoms with Crippen molar-refractivity contribution in [2.75, 3.05) is 30.8 Å². The second-order valence-corrected chi connectivity index (χ2v) is 3.48. The molecule has 0 aliphatic heterocycles. The molecule has 0 aromatic carbocycles. The van der Waals surface area contributed by atoms with Gasteiger partial charge >= 0.3 is 0 Å². The molecule has 0 saturated carbocycles. The number of amides is 1. The minimum absolute atomic E-state index is 0.0966. The molecule has 1 amide bonds. The van der Waals surface area contributed by atoms with E-state index in [0.29, 0.717) is 24.0 Å². The fraction of sp³-hybridized carbons (Fsp3) is 0.500. The van der Waals surface area contributed by atoms with Crippen molar-refractivity contribution in [1.82, 2.24) is 9.97 Å². The van der Waals surface area contributed by atoms with E-state index in [0.717, 1.165) is 0 Å². The summed E-state index contributed by atoms with van der Waals surface area (Å²) in [6.45, 7) is 2.87. The summed E-state index contributed by atoms with van der Waals surface area (Å²) >= 11 is 0. The molecule has 1 aromatic heterocycles. The molecule has 1 aromatic rings. The first-order valence-corrected chi connectivity index (χ1v) is 5.22. The zero-order valence-corrected chi connectivity index (χ0v) is 10.0. The van der Waals surface area contributed by atoms with Crippen molar-refractivity contribution >= 4 is 17.5 Å². The summed E-state index contributed by atoms with van der Waals surface area (Å²) in [7, 11) is 1.55. The molecule has 4 N–H and O–H groups in total. The van der Waals surface area contributed by atoms with Crippen LogP contribution in [0, 0.1) is 0 Å². The van der Waals surface area contributed by atoms with E-state index in [1.165, 1.54) is 0 Å². The number of anilines is 2. The maximum atomic E-state index is 10.9. The highest BCUT2D eigenvalue weighted by Crippen LogP contribution is 2.14. The molecule has 0 radical (unpaired) electrons. The molecule has 7 heteroatoms. The van der Waals surface area contributed by atoms with E-state index in [1.54, 1.807) is 18.1 Å². The Balaban J connectivity index is 2.97. The zero-order chi connectivity index (χ0) is 12.8. The predicted molar refractivity (Wildman–Crippen MR) is 64.2 cm³/mol. The second kappa shape index (κ2) is 6.00. The van der Waals surface area contributed by atoms with Crippen LogP contribution in [-0.4, -0.2) is 36.1 Å². The van der Waals surface area contributed by atoms with Gasteiger partial charge in [0.2, 0.25) is 5.91 Å². The molecule has 0 spiro atoms. The summed E-state index contributed by atoms with van der Waals surface area (Å²) < 4.78 is 4.94. The molecule has 1 heterocycles. The van der Waals surface area contributed by atoms with Crippen molar-refractivity contribution in [3.63, 3.8) is 0 Å². The summed E-state index contributed by atoms with van der Waals surface area (Å²) in [6.07, 6.45) is 0. The summed E-state index contributed by atoms with van der Waals surface area (Å²) in [5.41, 5.74) is 10.8. The van der Waals surface area contributed by atoms with E-state index in [1.807, 2.05) is 6.92 Å². The van der Waals surface area contributed by atoms with Crippen LogP contribution in [0.5, 0.6) is 0 Å². The third-order valence-electron chi connectivity index (χ3n) is 2.10. The van der Waals surface area contributed by atoms with Crippen LogP contribution in [-0.2, 0) is 16.1 Å². The molecule has 0 aliphatic rings. The highest BCUT2D eigenvalue weighted by Gasteiger charge is 2.11. The first kappa shape index (κ1) is 13.2. The normalized spacial score (nSPS) is 10.2. The van der Waals surface area contributed by atoms with Gasteiger partial charge in [-0.25, -0.2) is 9.97 Å². The highest BCUT2D eigenvalue weighted by molar-refractivity contribution is 5.79. The fourth-order valence-corrected chi connectivity index (χ4v) is 1.40. The van der Waals surface area contributed by atoms with Crippen LogP contribution in [0.4, 0.5) is 11.6 Å². The van der Waals surface area contributed by atoms with Crippen LogP contribution in [0.15, 0.2) is 6.07 Å². The number of hydrogen-bond donors (Lipinski definition) is 2. The standard InChI is InChI=1S/C10H17N5O2/c1-3-15(5-8(12)16)10-4-7(11)13-9(14-10)6-17-2/h4H,3,5-6H2,1-2H3,(H2,12,16)(H2,11,13,14). The molecule has 0 saturated heterocycles. The summed E-state index contributed by atoms with van der Waals surface area (Å²) in [6, 6.07) is 1.60. The van der Waals surface area contributed by atoms with E-state index in [2.05, 4.69) is 9.97 Å². The van der Waals surface area contributed by atoms with Gasteiger partial charge in [-0.3, -0.25) is 4.79 Å². The van der Waals surface area contributed by atoms with Crippen LogP contribution in [0.25, 0.3) is 0 Å². The molecular formula is C10H17N5O2. The average Bonchev–Trinajstić information content (AvgIpc) is 2.25. The quantitative estimate of drug-likeness (QED) is 0.694. The van der Waals surface area contributed by atoms with E-state index < -0.39 is 5.91 Å². The lowest BCUT2D eigenvalue weighted by atomic mass is 10.4. The van der Waals surface area contributed by atoms with Gasteiger partial charge in [0.05, 0.1) is 6.54 Å². The van der Waals surface area contributed by atoms with Gasteiger partial charge in [-0.05, 0) is 6.92 Å². The monoisotopic (exact) mass is 239 g/mol. The lowest BCUT2D eigenvalue weighted by Crippen LogP contribution is -2.34. The first-order chi connectivity index (χ1) is 8.06. The van der Waals surface area contributed by atoms with Crippen molar-refractivity contribution < 1.29 is 9.53 Å². The Morgan fingerprint density at radius 2 is 2.24 bits per heavy atom. The summed E-state index contributed by atoms with van der Waals surface area (Å²) in [4.78, 5) is 20.9. The third kappa shape index (κ3) is 3.87. The number of carbonyl (C=O) groups is 1. The number of primary amides is 1. The van der Waals surface area contributed by atoms with E-state index in [4.69, 9.17) is 16.2 Å². The Hall–Kier alpha value is -1.89. The lowest BCUT2D eigenvalue weighted by molar-refractivity contribution is -0.116. The van der Waals surface area contributed by atoms with Gasteiger partial charge in [-0.1, -0.05) is 0 Å². The Morgan fingerprint density at radius 3 is 2.76 bits per heavy atom. The Morgan fingerprint density at radius 1 is 1.53 bits per heavy atom. The van der Waals surface area contributed by atoms with Crippen LogP contribution >= 0.6 is 0 Å². The molecule has 0 bridgehead atoms. The van der Waals surface area contributed by atoms with Gasteiger partial charge in [-0.15, -0.1) is 0 Å². The smallest absolute Gasteiger partial charge is 0.236 e. The van der Waals surface area contributed by atoms with Crippen molar-refractivity contribution in [3.8, 4) is 0 Å². The van der Waals surface area contributed by atoms with Crippen molar-refractivity contribution in [3.05, 3.63) is 11.9 Å². The minimum Gasteiger partial charge on any atom is -0.384 e. The highest BCUT2D eigenvalue weighted by atomic mass is 16.5. The molecule has 0 fully saturated rings. The molecule has 7 nitrogen and oxygen atoms in total. The number of hydrogen-bond acceptors (Lipinski definition) is 6. The molecule has 0 aliphatic carbocycles. The van der Waals surface area contributed by atoms with E-state index in [9.17, 15) is 4.79 Å². The molecular weight excluding hydrogens is 222 g/mol. The van der Waals surface area contributed by atoms with E-state index >= 15 is 0 Å². The number of methoxy groups -OCH3 is 1. The van der Waals surface area contributed by atoms with Gasteiger partial charge in [0, 0.05) is 19.7 Å². The van der Waals surface area contributed by atoms with Crippen LogP contribution in [0.1, 0.15) is 12.7 Å². The van der Waals surface area contributed by atoms with Gasteiger partial charge in [0.25, 0.3) is 0 Å².